The summed E-state index contributed by atoms with van der Waals surface area (Å²) in [5, 5.41) is 4.24. The predicted octanol–water partition coefficient (Wildman–Crippen LogP) is 4.12. The number of halogens is 1. The molecule has 2 atom stereocenters. The third-order valence-electron chi connectivity index (χ3n) is 3.81. The van der Waals surface area contributed by atoms with Crippen LogP contribution in [0.5, 0.6) is 5.75 Å². The number of ether oxygens (including phenoxy) is 1. The summed E-state index contributed by atoms with van der Waals surface area (Å²) in [6.45, 7) is 0. The maximum atomic E-state index is 12.4. The van der Waals surface area contributed by atoms with Crippen LogP contribution < -0.4 is 9.64 Å². The van der Waals surface area contributed by atoms with Crippen molar-refractivity contribution in [3.8, 4) is 5.75 Å². The number of nitrogens with zero attached hydrogens (tertiary/aromatic N) is 4. The number of rotatable bonds is 4. The number of carbonyl (C=O) groups is 1. The van der Waals surface area contributed by atoms with E-state index in [0.717, 1.165) is 11.3 Å². The van der Waals surface area contributed by atoms with Crippen molar-refractivity contribution in [2.45, 2.75) is 12.1 Å². The first-order valence-corrected chi connectivity index (χ1v) is 7.30. The van der Waals surface area contributed by atoms with Crippen LogP contribution in [0.4, 0.5) is 5.69 Å². The van der Waals surface area contributed by atoms with E-state index in [1.54, 1.807) is 48.4 Å². The minimum Gasteiger partial charge on any atom is -0.497 e. The smallest absolute Gasteiger partial charge is 0.239 e. The van der Waals surface area contributed by atoms with Gasteiger partial charge in [0.25, 0.3) is 0 Å². The highest BCUT2D eigenvalue weighted by atomic mass is 35.5. The molecule has 0 radical (unpaired) electrons. The molecule has 0 spiro atoms. The first-order valence-electron chi connectivity index (χ1n) is 6.92. The third-order valence-corrected chi connectivity index (χ3v) is 4.06. The molecule has 1 heterocycles. The van der Waals surface area contributed by atoms with Gasteiger partial charge in [-0.3, -0.25) is 4.79 Å². The van der Waals surface area contributed by atoms with Crippen LogP contribution in [0.1, 0.15) is 11.6 Å². The first kappa shape index (κ1) is 15.2. The normalized spacial score (nSPS) is 19.7. The highest BCUT2D eigenvalue weighted by molar-refractivity contribution is 6.30. The van der Waals surface area contributed by atoms with Gasteiger partial charge < -0.3 is 9.64 Å². The summed E-state index contributed by atoms with van der Waals surface area (Å²) in [7, 11) is 1.58. The molecule has 23 heavy (non-hydrogen) atoms. The second-order valence-electron chi connectivity index (χ2n) is 5.05. The molecule has 2 aromatic carbocycles. The van der Waals surface area contributed by atoms with E-state index in [2.05, 4.69) is 10.0 Å². The second kappa shape index (κ2) is 6.20. The summed E-state index contributed by atoms with van der Waals surface area (Å²) >= 11 is 5.91. The van der Waals surface area contributed by atoms with Gasteiger partial charge >= 0.3 is 0 Å². The van der Waals surface area contributed by atoms with Crippen molar-refractivity contribution in [1.82, 2.24) is 0 Å². The largest absolute Gasteiger partial charge is 0.497 e. The van der Waals surface area contributed by atoms with Gasteiger partial charge in [0.05, 0.1) is 13.2 Å². The molecule has 0 saturated carbocycles. The minimum absolute atomic E-state index is 0.229. The molecule has 0 aromatic heterocycles. The topological polar surface area (TPSA) is 78.3 Å². The fourth-order valence-electron chi connectivity index (χ4n) is 2.66. The van der Waals surface area contributed by atoms with Crippen molar-refractivity contribution in [1.29, 1.82) is 0 Å². The van der Waals surface area contributed by atoms with E-state index in [9.17, 15) is 4.79 Å². The highest BCUT2D eigenvalue weighted by Crippen LogP contribution is 2.41. The zero-order valence-corrected chi connectivity index (χ0v) is 13.0. The lowest BCUT2D eigenvalue weighted by Gasteiger charge is -2.45. The summed E-state index contributed by atoms with van der Waals surface area (Å²) in [6, 6.07) is 13.2. The molecule has 1 aliphatic heterocycles. The Kier molecular flexibility index (Phi) is 4.10. The molecule has 1 aliphatic rings. The Balaban J connectivity index is 1.98. The molecule has 3 rings (SSSR count). The van der Waals surface area contributed by atoms with Crippen LogP contribution in [0.3, 0.4) is 0 Å². The molecule has 1 fully saturated rings. The third kappa shape index (κ3) is 2.70. The standard InChI is InChI=1S/C16H13ClN4O2/c1-23-13-8-6-12(7-9-13)21-15(14(16(21)22)19-20-18)10-2-4-11(17)5-3-10/h2-9,14-15H,1H3/t14-,15+/m0/s1. The van der Waals surface area contributed by atoms with Crippen molar-refractivity contribution in [2.75, 3.05) is 12.0 Å². The second-order valence-corrected chi connectivity index (χ2v) is 5.49. The minimum atomic E-state index is -0.747. The molecular weight excluding hydrogens is 316 g/mol. The summed E-state index contributed by atoms with van der Waals surface area (Å²) in [5.41, 5.74) is 10.3. The molecule has 2 aromatic rings. The fraction of sp³-hybridized carbons (Fsp3) is 0.188. The van der Waals surface area contributed by atoms with E-state index in [1.165, 1.54) is 0 Å². The van der Waals surface area contributed by atoms with Crippen LogP contribution in [0.2, 0.25) is 5.02 Å². The van der Waals surface area contributed by atoms with E-state index in [1.807, 2.05) is 12.1 Å². The lowest BCUT2D eigenvalue weighted by atomic mass is 9.88. The Bertz CT molecular complexity index is 770. The van der Waals surface area contributed by atoms with Crippen LogP contribution in [-0.4, -0.2) is 19.1 Å². The van der Waals surface area contributed by atoms with Crippen molar-refractivity contribution in [3.05, 3.63) is 69.6 Å². The summed E-state index contributed by atoms with van der Waals surface area (Å²) in [5.74, 6) is 0.476. The predicted molar refractivity (Wildman–Crippen MR) is 87.6 cm³/mol. The molecule has 6 nitrogen and oxygen atoms in total. The van der Waals surface area contributed by atoms with Crippen LogP contribution in [-0.2, 0) is 4.79 Å². The zero-order chi connectivity index (χ0) is 16.4. The van der Waals surface area contributed by atoms with Gasteiger partial charge in [0.2, 0.25) is 5.91 Å². The van der Waals surface area contributed by atoms with Gasteiger partial charge in [0, 0.05) is 15.6 Å². The number of hydrogen-bond donors (Lipinski definition) is 0. The Labute approximate surface area is 137 Å². The average Bonchev–Trinajstić information content (AvgIpc) is 2.58. The van der Waals surface area contributed by atoms with Gasteiger partial charge in [-0.15, -0.1) is 0 Å². The summed E-state index contributed by atoms with van der Waals surface area (Å²) < 4.78 is 5.13. The quantitative estimate of drug-likeness (QED) is 0.366. The van der Waals surface area contributed by atoms with Gasteiger partial charge in [0.15, 0.2) is 0 Å². The number of benzene rings is 2. The van der Waals surface area contributed by atoms with Crippen LogP contribution in [0, 0.1) is 0 Å². The van der Waals surface area contributed by atoms with E-state index < -0.39 is 6.04 Å². The first-order chi connectivity index (χ1) is 11.2. The Hall–Kier alpha value is -2.69. The van der Waals surface area contributed by atoms with E-state index in [4.69, 9.17) is 21.9 Å². The van der Waals surface area contributed by atoms with Crippen molar-refractivity contribution < 1.29 is 9.53 Å². The summed E-state index contributed by atoms with van der Waals surface area (Å²) in [4.78, 5) is 16.8. The van der Waals surface area contributed by atoms with Gasteiger partial charge in [-0.25, -0.2) is 0 Å². The van der Waals surface area contributed by atoms with Gasteiger partial charge in [0.1, 0.15) is 11.8 Å². The molecule has 116 valence electrons. The molecule has 0 bridgehead atoms. The summed E-state index contributed by atoms with van der Waals surface area (Å²) in [6.07, 6.45) is 0. The lowest BCUT2D eigenvalue weighted by molar-refractivity contribution is -0.126. The van der Waals surface area contributed by atoms with Crippen molar-refractivity contribution >= 4 is 23.2 Å². The monoisotopic (exact) mass is 328 g/mol. The SMILES string of the molecule is COc1ccc(N2C(=O)[C@@H](N=[N+]=[N-])[C@H]2c2ccc(Cl)cc2)cc1. The number of anilines is 1. The molecule has 0 unspecified atom stereocenters. The molecular formula is C16H13ClN4O2. The Morgan fingerprint density at radius 2 is 1.83 bits per heavy atom. The molecule has 7 heteroatoms. The maximum absolute atomic E-state index is 12.4. The maximum Gasteiger partial charge on any atom is 0.239 e. The zero-order valence-electron chi connectivity index (χ0n) is 12.3. The number of β-lactam (4-membered cyclic amide) rings is 1. The van der Waals surface area contributed by atoms with E-state index in [-0.39, 0.29) is 11.9 Å². The highest BCUT2D eigenvalue weighted by Gasteiger charge is 2.48. The number of methoxy groups -OCH3 is 1. The van der Waals surface area contributed by atoms with Crippen molar-refractivity contribution in [2.24, 2.45) is 5.11 Å². The Morgan fingerprint density at radius 3 is 2.39 bits per heavy atom. The molecule has 0 N–H and O–H groups in total. The number of carbonyl (C=O) groups excluding carboxylic acids is 1. The van der Waals surface area contributed by atoms with E-state index >= 15 is 0 Å². The fourth-order valence-corrected chi connectivity index (χ4v) is 2.79. The number of hydrogen-bond acceptors (Lipinski definition) is 3. The van der Waals surface area contributed by atoms with Crippen LogP contribution >= 0.6 is 11.6 Å². The van der Waals surface area contributed by atoms with E-state index in [0.29, 0.717) is 10.8 Å². The van der Waals surface area contributed by atoms with Gasteiger partial charge in [-0.05, 0) is 47.5 Å². The van der Waals surface area contributed by atoms with Gasteiger partial charge in [-0.2, -0.15) is 0 Å². The van der Waals surface area contributed by atoms with Crippen LogP contribution in [0.15, 0.2) is 53.6 Å². The number of amides is 1. The van der Waals surface area contributed by atoms with Crippen LogP contribution in [0.25, 0.3) is 10.4 Å². The average molecular weight is 329 g/mol. The van der Waals surface area contributed by atoms with Crippen molar-refractivity contribution in [3.63, 3.8) is 0 Å². The van der Waals surface area contributed by atoms with Gasteiger partial charge in [-0.1, -0.05) is 28.8 Å². The Morgan fingerprint density at radius 1 is 1.17 bits per heavy atom. The molecule has 0 aliphatic carbocycles. The molecule has 1 saturated heterocycles. The molecule has 1 amide bonds. The number of azide groups is 1. The lowest BCUT2D eigenvalue weighted by Crippen LogP contribution is -2.58.